The number of carbonyl (C=O) groups excluding carboxylic acids is 1. The second-order valence-electron chi connectivity index (χ2n) is 7.92. The number of fused-ring (bicyclic) bond motifs is 2. The number of anilines is 1. The minimum Gasteiger partial charge on any atom is -0.493 e. The van der Waals surface area contributed by atoms with Gasteiger partial charge in [-0.3, -0.25) is 4.79 Å². The number of nitrogens with zero attached hydrogens (tertiary/aromatic N) is 1. The monoisotopic (exact) mass is 449 g/mol. The molecule has 2 heterocycles. The standard InChI is InChI=1S/C23H25Cl2NO4/c1-14(2)16-6-5-15(3)13-19(16)28-10-4-9-26-21-18(25)8-7-17(24)20(21)23(22(26)27)29-11-12-30-23/h5-8,13-14H,4,9-12H2,1-3H3. The Morgan fingerprint density at radius 2 is 1.83 bits per heavy atom. The van der Waals surface area contributed by atoms with Crippen molar-refractivity contribution >= 4 is 34.8 Å². The van der Waals surface area contributed by atoms with Crippen LogP contribution in [0.1, 0.15) is 42.9 Å². The first-order chi connectivity index (χ1) is 14.3. The van der Waals surface area contributed by atoms with Gasteiger partial charge in [0.25, 0.3) is 11.7 Å². The molecule has 1 spiro atoms. The van der Waals surface area contributed by atoms with E-state index in [-0.39, 0.29) is 5.91 Å². The molecule has 4 rings (SSSR count). The second kappa shape index (κ2) is 8.39. The number of benzene rings is 2. The van der Waals surface area contributed by atoms with Gasteiger partial charge in [-0.25, -0.2) is 0 Å². The van der Waals surface area contributed by atoms with E-state index in [9.17, 15) is 4.79 Å². The number of rotatable bonds is 6. The zero-order chi connectivity index (χ0) is 21.5. The van der Waals surface area contributed by atoms with Crippen LogP contribution in [0.25, 0.3) is 0 Å². The van der Waals surface area contributed by atoms with Gasteiger partial charge in [0.05, 0.1) is 41.1 Å². The fourth-order valence-electron chi connectivity index (χ4n) is 4.05. The van der Waals surface area contributed by atoms with E-state index >= 15 is 0 Å². The van der Waals surface area contributed by atoms with Crippen molar-refractivity contribution in [2.75, 3.05) is 31.3 Å². The number of carbonyl (C=O) groups is 1. The highest BCUT2D eigenvalue weighted by molar-refractivity contribution is 6.38. The molecule has 2 aromatic carbocycles. The van der Waals surface area contributed by atoms with Crippen LogP contribution in [-0.4, -0.2) is 32.3 Å². The van der Waals surface area contributed by atoms with Crippen molar-refractivity contribution in [1.82, 2.24) is 0 Å². The zero-order valence-electron chi connectivity index (χ0n) is 17.3. The lowest BCUT2D eigenvalue weighted by molar-refractivity contribution is -0.180. The van der Waals surface area contributed by atoms with Crippen molar-refractivity contribution in [1.29, 1.82) is 0 Å². The topological polar surface area (TPSA) is 48.0 Å². The smallest absolute Gasteiger partial charge is 0.292 e. The van der Waals surface area contributed by atoms with Crippen LogP contribution in [0.15, 0.2) is 30.3 Å². The van der Waals surface area contributed by atoms with Gasteiger partial charge in [0.15, 0.2) is 0 Å². The molecule has 0 aliphatic carbocycles. The highest BCUT2D eigenvalue weighted by Crippen LogP contribution is 2.51. The molecule has 5 nitrogen and oxygen atoms in total. The maximum absolute atomic E-state index is 13.3. The first-order valence-corrected chi connectivity index (χ1v) is 10.9. The average molecular weight is 450 g/mol. The summed E-state index contributed by atoms with van der Waals surface area (Å²) in [5.74, 6) is -0.522. The lowest BCUT2D eigenvalue weighted by Crippen LogP contribution is -2.42. The van der Waals surface area contributed by atoms with Gasteiger partial charge in [0.2, 0.25) is 0 Å². The Morgan fingerprint density at radius 1 is 1.13 bits per heavy atom. The molecule has 160 valence electrons. The Balaban J connectivity index is 1.51. The molecule has 2 aliphatic rings. The summed E-state index contributed by atoms with van der Waals surface area (Å²) in [5.41, 5.74) is 3.39. The van der Waals surface area contributed by atoms with Crippen LogP contribution in [0.5, 0.6) is 5.75 Å². The summed E-state index contributed by atoms with van der Waals surface area (Å²) in [5, 5.41) is 0.852. The number of ether oxygens (including phenoxy) is 3. The lowest BCUT2D eigenvalue weighted by atomic mass is 10.0. The largest absolute Gasteiger partial charge is 0.493 e. The van der Waals surface area contributed by atoms with E-state index in [1.807, 2.05) is 6.92 Å². The van der Waals surface area contributed by atoms with Gasteiger partial charge in [0, 0.05) is 6.54 Å². The van der Waals surface area contributed by atoms with Gasteiger partial charge in [-0.2, -0.15) is 0 Å². The minimum atomic E-state index is -1.49. The van der Waals surface area contributed by atoms with Gasteiger partial charge in [0.1, 0.15) is 5.75 Å². The summed E-state index contributed by atoms with van der Waals surface area (Å²) in [7, 11) is 0. The third-order valence-electron chi connectivity index (χ3n) is 5.47. The highest BCUT2D eigenvalue weighted by atomic mass is 35.5. The molecule has 0 aromatic heterocycles. The Labute approximate surface area is 186 Å². The van der Waals surface area contributed by atoms with E-state index in [1.165, 1.54) is 5.56 Å². The van der Waals surface area contributed by atoms with Gasteiger partial charge in [-0.05, 0) is 48.6 Å². The Morgan fingerprint density at radius 3 is 2.53 bits per heavy atom. The molecule has 1 fully saturated rings. The van der Waals surface area contributed by atoms with Crippen LogP contribution in [0.4, 0.5) is 5.69 Å². The predicted molar refractivity (Wildman–Crippen MR) is 118 cm³/mol. The van der Waals surface area contributed by atoms with E-state index in [4.69, 9.17) is 37.4 Å². The molecule has 2 aliphatic heterocycles. The molecule has 2 aromatic rings. The lowest BCUT2D eigenvalue weighted by Gasteiger charge is -2.22. The van der Waals surface area contributed by atoms with E-state index < -0.39 is 5.79 Å². The Kier molecular flexibility index (Phi) is 5.99. The predicted octanol–water partition coefficient (Wildman–Crippen LogP) is 5.44. The Hall–Kier alpha value is -1.79. The number of hydrogen-bond acceptors (Lipinski definition) is 4. The Bertz CT molecular complexity index is 970. The summed E-state index contributed by atoms with van der Waals surface area (Å²) in [6, 6.07) is 9.61. The molecule has 0 radical (unpaired) electrons. The quantitative estimate of drug-likeness (QED) is 0.550. The summed E-state index contributed by atoms with van der Waals surface area (Å²) in [6.07, 6.45) is 0.621. The van der Waals surface area contributed by atoms with Gasteiger partial charge in [-0.1, -0.05) is 49.2 Å². The third kappa shape index (κ3) is 3.58. The van der Waals surface area contributed by atoms with Crippen molar-refractivity contribution in [2.24, 2.45) is 0 Å². The normalized spacial score (nSPS) is 17.3. The van der Waals surface area contributed by atoms with Gasteiger partial charge in [-0.15, -0.1) is 0 Å². The molecule has 0 unspecified atom stereocenters. The van der Waals surface area contributed by atoms with Crippen LogP contribution < -0.4 is 9.64 Å². The maximum Gasteiger partial charge on any atom is 0.292 e. The van der Waals surface area contributed by atoms with Gasteiger partial charge < -0.3 is 19.1 Å². The van der Waals surface area contributed by atoms with E-state index in [0.717, 1.165) is 11.3 Å². The molecule has 0 saturated carbocycles. The number of halogens is 2. The van der Waals surface area contributed by atoms with E-state index in [1.54, 1.807) is 17.0 Å². The van der Waals surface area contributed by atoms with Gasteiger partial charge >= 0.3 is 0 Å². The molecule has 0 N–H and O–H groups in total. The minimum absolute atomic E-state index is 0.288. The van der Waals surface area contributed by atoms with Crippen molar-refractivity contribution in [3.05, 3.63) is 57.1 Å². The SMILES string of the molecule is Cc1ccc(C(C)C)c(OCCCN2C(=O)C3(OCCO3)c3c(Cl)ccc(Cl)c32)c1. The third-order valence-corrected chi connectivity index (χ3v) is 6.09. The number of aryl methyl sites for hydroxylation is 1. The van der Waals surface area contributed by atoms with Crippen LogP contribution >= 0.6 is 23.2 Å². The van der Waals surface area contributed by atoms with Crippen molar-refractivity contribution in [2.45, 2.75) is 38.9 Å². The summed E-state index contributed by atoms with van der Waals surface area (Å²) >= 11 is 12.9. The molecular formula is C23H25Cl2NO4. The van der Waals surface area contributed by atoms with Crippen LogP contribution in [0.3, 0.4) is 0 Å². The fourth-order valence-corrected chi connectivity index (χ4v) is 4.58. The first kappa shape index (κ1) is 21.4. The van der Waals surface area contributed by atoms with Crippen LogP contribution in [-0.2, 0) is 20.1 Å². The molecule has 1 saturated heterocycles. The van der Waals surface area contributed by atoms with Crippen molar-refractivity contribution < 1.29 is 19.0 Å². The summed E-state index contributed by atoms with van der Waals surface area (Å²) in [6.45, 7) is 7.88. The van der Waals surface area contributed by atoms with Crippen molar-refractivity contribution in [3.8, 4) is 5.75 Å². The number of hydrogen-bond donors (Lipinski definition) is 0. The van der Waals surface area contributed by atoms with Crippen LogP contribution in [0.2, 0.25) is 10.0 Å². The summed E-state index contributed by atoms with van der Waals surface area (Å²) < 4.78 is 17.6. The highest BCUT2D eigenvalue weighted by Gasteiger charge is 2.57. The molecule has 7 heteroatoms. The van der Waals surface area contributed by atoms with Crippen molar-refractivity contribution in [3.63, 3.8) is 0 Å². The van der Waals surface area contributed by atoms with E-state index in [2.05, 4.69) is 32.0 Å². The molecule has 1 amide bonds. The molecule has 0 atom stereocenters. The van der Waals surface area contributed by atoms with E-state index in [0.29, 0.717) is 60.0 Å². The first-order valence-electron chi connectivity index (χ1n) is 10.2. The second-order valence-corrected chi connectivity index (χ2v) is 8.74. The molecule has 0 bridgehead atoms. The molecular weight excluding hydrogens is 425 g/mol. The fraction of sp³-hybridized carbons (Fsp3) is 0.435. The summed E-state index contributed by atoms with van der Waals surface area (Å²) in [4.78, 5) is 14.9. The zero-order valence-corrected chi connectivity index (χ0v) is 18.8. The molecule has 30 heavy (non-hydrogen) atoms. The van der Waals surface area contributed by atoms with Crippen LogP contribution in [0, 0.1) is 6.92 Å². The number of amides is 1. The maximum atomic E-state index is 13.3. The average Bonchev–Trinajstić information content (AvgIpc) is 3.28.